The van der Waals surface area contributed by atoms with Crippen LogP contribution in [-0.2, 0) is 6.54 Å². The lowest BCUT2D eigenvalue weighted by Crippen LogP contribution is -1.97. The number of nitrogens with zero attached hydrogens (tertiary/aromatic N) is 1. The third-order valence-electron chi connectivity index (χ3n) is 4.27. The normalized spacial score (nSPS) is 11.3. The summed E-state index contributed by atoms with van der Waals surface area (Å²) in [5, 5.41) is 2.70. The van der Waals surface area contributed by atoms with E-state index in [1.807, 2.05) is 6.08 Å². The zero-order valence-corrected chi connectivity index (χ0v) is 12.8. The highest BCUT2D eigenvalue weighted by Gasteiger charge is 2.09. The topological polar surface area (TPSA) is 4.93 Å². The van der Waals surface area contributed by atoms with E-state index in [2.05, 4.69) is 60.5 Å². The van der Waals surface area contributed by atoms with Crippen LogP contribution in [-0.4, -0.2) is 4.57 Å². The number of benzene rings is 2. The van der Waals surface area contributed by atoms with E-state index in [0.29, 0.717) is 0 Å². The summed E-state index contributed by atoms with van der Waals surface area (Å²) in [6.07, 6.45) is 7.11. The molecule has 0 saturated carbocycles. The van der Waals surface area contributed by atoms with Gasteiger partial charge in [-0.1, -0.05) is 63.1 Å². The SMILES string of the molecule is C=Cc1ccc2c(c1)c1ccccc1n2CCCCCC. The van der Waals surface area contributed by atoms with Crippen LogP contribution in [0.25, 0.3) is 27.9 Å². The fourth-order valence-electron chi connectivity index (χ4n) is 3.14. The Morgan fingerprint density at radius 1 is 0.952 bits per heavy atom. The Morgan fingerprint density at radius 2 is 1.76 bits per heavy atom. The molecule has 2 aromatic carbocycles. The number of rotatable bonds is 6. The van der Waals surface area contributed by atoms with E-state index >= 15 is 0 Å². The van der Waals surface area contributed by atoms with Crippen LogP contribution in [0.5, 0.6) is 0 Å². The number of aromatic nitrogens is 1. The Hall–Kier alpha value is -2.02. The highest BCUT2D eigenvalue weighted by molar-refractivity contribution is 6.08. The van der Waals surface area contributed by atoms with Gasteiger partial charge in [-0.05, 0) is 30.2 Å². The van der Waals surface area contributed by atoms with Gasteiger partial charge in [0.1, 0.15) is 0 Å². The van der Waals surface area contributed by atoms with Crippen molar-refractivity contribution in [3.63, 3.8) is 0 Å². The average molecular weight is 277 g/mol. The third kappa shape index (κ3) is 2.61. The zero-order valence-electron chi connectivity index (χ0n) is 12.8. The van der Waals surface area contributed by atoms with Crippen molar-refractivity contribution in [1.82, 2.24) is 4.57 Å². The quantitative estimate of drug-likeness (QED) is 0.486. The van der Waals surface area contributed by atoms with Gasteiger partial charge in [-0.2, -0.15) is 0 Å². The smallest absolute Gasteiger partial charge is 0.0491 e. The van der Waals surface area contributed by atoms with Crippen LogP contribution in [0.1, 0.15) is 38.2 Å². The van der Waals surface area contributed by atoms with E-state index in [1.54, 1.807) is 0 Å². The molecule has 0 aliphatic carbocycles. The zero-order chi connectivity index (χ0) is 14.7. The van der Waals surface area contributed by atoms with E-state index in [-0.39, 0.29) is 0 Å². The van der Waals surface area contributed by atoms with Gasteiger partial charge >= 0.3 is 0 Å². The highest BCUT2D eigenvalue weighted by Crippen LogP contribution is 2.30. The van der Waals surface area contributed by atoms with Gasteiger partial charge in [-0.3, -0.25) is 0 Å². The van der Waals surface area contributed by atoms with E-state index in [4.69, 9.17) is 0 Å². The molecule has 0 fully saturated rings. The van der Waals surface area contributed by atoms with Gasteiger partial charge in [0.25, 0.3) is 0 Å². The van der Waals surface area contributed by atoms with Crippen molar-refractivity contribution in [1.29, 1.82) is 0 Å². The fourth-order valence-corrected chi connectivity index (χ4v) is 3.14. The van der Waals surface area contributed by atoms with Crippen molar-refractivity contribution >= 4 is 27.9 Å². The van der Waals surface area contributed by atoms with E-state index in [0.717, 1.165) is 6.54 Å². The summed E-state index contributed by atoms with van der Waals surface area (Å²) in [6.45, 7) is 7.26. The molecule has 108 valence electrons. The maximum atomic E-state index is 3.89. The molecule has 0 aliphatic rings. The van der Waals surface area contributed by atoms with Crippen LogP contribution in [0.3, 0.4) is 0 Å². The number of para-hydroxylation sites is 1. The number of aryl methyl sites for hydroxylation is 1. The molecule has 0 bridgehead atoms. The first kappa shape index (κ1) is 13.9. The number of fused-ring (bicyclic) bond motifs is 3. The van der Waals surface area contributed by atoms with Gasteiger partial charge in [-0.25, -0.2) is 0 Å². The van der Waals surface area contributed by atoms with Gasteiger partial charge in [0.2, 0.25) is 0 Å². The summed E-state index contributed by atoms with van der Waals surface area (Å²) in [7, 11) is 0. The Kier molecular flexibility index (Phi) is 4.10. The molecule has 0 amide bonds. The molecule has 1 heterocycles. The standard InChI is InChI=1S/C20H23N/c1-3-5-6-9-14-21-19-11-8-7-10-17(19)18-15-16(4-2)12-13-20(18)21/h4,7-8,10-13,15H,2-3,5-6,9,14H2,1H3. The second-order valence-corrected chi connectivity index (χ2v) is 5.71. The number of unbranched alkanes of at least 4 members (excludes halogenated alkanes) is 3. The first-order chi connectivity index (χ1) is 10.3. The molecule has 0 spiro atoms. The summed E-state index contributed by atoms with van der Waals surface area (Å²) in [6, 6.07) is 15.4. The molecular weight excluding hydrogens is 254 g/mol. The number of hydrogen-bond donors (Lipinski definition) is 0. The van der Waals surface area contributed by atoms with Gasteiger partial charge < -0.3 is 4.57 Å². The van der Waals surface area contributed by atoms with Crippen LogP contribution in [0.4, 0.5) is 0 Å². The summed E-state index contributed by atoms with van der Waals surface area (Å²) < 4.78 is 2.48. The minimum absolute atomic E-state index is 1.11. The number of hydrogen-bond acceptors (Lipinski definition) is 0. The second kappa shape index (κ2) is 6.17. The predicted octanol–water partition coefficient (Wildman–Crippen LogP) is 6.02. The molecule has 0 saturated heterocycles. The van der Waals surface area contributed by atoms with Gasteiger partial charge in [0.15, 0.2) is 0 Å². The lowest BCUT2D eigenvalue weighted by atomic mass is 10.1. The first-order valence-electron chi connectivity index (χ1n) is 7.98. The molecule has 1 heteroatoms. The molecule has 1 nitrogen and oxygen atoms in total. The van der Waals surface area contributed by atoms with Crippen LogP contribution in [0.15, 0.2) is 49.0 Å². The van der Waals surface area contributed by atoms with Crippen LogP contribution < -0.4 is 0 Å². The summed E-state index contributed by atoms with van der Waals surface area (Å²) in [5.41, 5.74) is 3.89. The molecule has 21 heavy (non-hydrogen) atoms. The maximum Gasteiger partial charge on any atom is 0.0491 e. The molecule has 0 radical (unpaired) electrons. The molecule has 3 aromatic rings. The Labute approximate surface area is 126 Å². The lowest BCUT2D eigenvalue weighted by molar-refractivity contribution is 0.602. The third-order valence-corrected chi connectivity index (χ3v) is 4.27. The summed E-state index contributed by atoms with van der Waals surface area (Å²) in [5.74, 6) is 0. The van der Waals surface area contributed by atoms with E-state index in [9.17, 15) is 0 Å². The average Bonchev–Trinajstić information content (AvgIpc) is 2.85. The van der Waals surface area contributed by atoms with E-state index in [1.165, 1.54) is 53.1 Å². The van der Waals surface area contributed by atoms with Crippen LogP contribution in [0.2, 0.25) is 0 Å². The Balaban J connectivity index is 2.09. The van der Waals surface area contributed by atoms with Crippen molar-refractivity contribution in [3.8, 4) is 0 Å². The van der Waals surface area contributed by atoms with Crippen molar-refractivity contribution in [2.45, 2.75) is 39.2 Å². The summed E-state index contributed by atoms with van der Waals surface area (Å²) in [4.78, 5) is 0. The monoisotopic (exact) mass is 277 g/mol. The summed E-state index contributed by atoms with van der Waals surface area (Å²) >= 11 is 0. The largest absolute Gasteiger partial charge is 0.340 e. The molecule has 0 N–H and O–H groups in total. The molecule has 3 rings (SSSR count). The Morgan fingerprint density at radius 3 is 2.57 bits per heavy atom. The van der Waals surface area contributed by atoms with Crippen LogP contribution in [0, 0.1) is 0 Å². The van der Waals surface area contributed by atoms with Crippen molar-refractivity contribution in [2.75, 3.05) is 0 Å². The van der Waals surface area contributed by atoms with Gasteiger partial charge in [0, 0.05) is 28.4 Å². The molecule has 0 aliphatic heterocycles. The molecule has 0 atom stereocenters. The minimum atomic E-state index is 1.11. The lowest BCUT2D eigenvalue weighted by Gasteiger charge is -2.07. The van der Waals surface area contributed by atoms with Crippen molar-refractivity contribution in [2.24, 2.45) is 0 Å². The van der Waals surface area contributed by atoms with Crippen LogP contribution >= 0.6 is 0 Å². The fraction of sp³-hybridized carbons (Fsp3) is 0.300. The maximum absolute atomic E-state index is 3.89. The highest BCUT2D eigenvalue weighted by atomic mass is 15.0. The minimum Gasteiger partial charge on any atom is -0.340 e. The molecular formula is C20H23N. The first-order valence-corrected chi connectivity index (χ1v) is 7.98. The van der Waals surface area contributed by atoms with Gasteiger partial charge in [-0.15, -0.1) is 0 Å². The Bertz CT molecular complexity index is 764. The van der Waals surface area contributed by atoms with Gasteiger partial charge in [0.05, 0.1) is 0 Å². The second-order valence-electron chi connectivity index (χ2n) is 5.71. The van der Waals surface area contributed by atoms with E-state index < -0.39 is 0 Å². The molecule has 1 aromatic heterocycles. The predicted molar refractivity (Wildman–Crippen MR) is 93.7 cm³/mol. The van der Waals surface area contributed by atoms with Crippen molar-refractivity contribution < 1.29 is 0 Å². The van der Waals surface area contributed by atoms with Crippen molar-refractivity contribution in [3.05, 3.63) is 54.6 Å². The molecule has 0 unspecified atom stereocenters.